The minimum atomic E-state index is -0.923. The van der Waals surface area contributed by atoms with Gasteiger partial charge in [0, 0.05) is 24.6 Å². The lowest BCUT2D eigenvalue weighted by molar-refractivity contribution is -0.141. The summed E-state index contributed by atoms with van der Waals surface area (Å²) in [5.41, 5.74) is 1.01. The van der Waals surface area contributed by atoms with Gasteiger partial charge in [-0.25, -0.2) is 9.59 Å². The lowest BCUT2D eigenvalue weighted by Crippen LogP contribution is -2.46. The summed E-state index contributed by atoms with van der Waals surface area (Å²) in [5.74, 6) is -0.923. The summed E-state index contributed by atoms with van der Waals surface area (Å²) >= 11 is 3.36. The number of urea groups is 1. The van der Waals surface area contributed by atoms with Crippen LogP contribution in [0.3, 0.4) is 0 Å². The first-order valence-electron chi connectivity index (χ1n) is 6.48. The lowest BCUT2D eigenvalue weighted by Gasteiger charge is -2.27. The van der Waals surface area contributed by atoms with Crippen LogP contribution in [0.5, 0.6) is 0 Å². The van der Waals surface area contributed by atoms with Gasteiger partial charge in [-0.05, 0) is 30.5 Å². The zero-order valence-corrected chi connectivity index (χ0v) is 12.8. The Bertz CT molecular complexity index is 504. The lowest BCUT2D eigenvalue weighted by atomic mass is 10.2. The van der Waals surface area contributed by atoms with E-state index in [4.69, 9.17) is 5.11 Å². The number of carboxylic acids is 1. The Morgan fingerprint density at radius 2 is 2.05 bits per heavy atom. The van der Waals surface area contributed by atoms with Crippen molar-refractivity contribution in [1.82, 2.24) is 9.80 Å². The predicted molar refractivity (Wildman–Crippen MR) is 78.4 cm³/mol. The second kappa shape index (κ2) is 6.26. The summed E-state index contributed by atoms with van der Waals surface area (Å²) in [6.45, 7) is 0.982. The number of carbonyl (C=O) groups is 2. The number of hydrogen-bond donors (Lipinski definition) is 1. The summed E-state index contributed by atoms with van der Waals surface area (Å²) in [5, 5.41) is 9.12. The quantitative estimate of drug-likeness (QED) is 0.919. The first-order chi connectivity index (χ1) is 9.49. The third kappa shape index (κ3) is 3.30. The number of benzene rings is 1. The maximum absolute atomic E-state index is 12.3. The van der Waals surface area contributed by atoms with Crippen molar-refractivity contribution < 1.29 is 14.7 Å². The molecule has 0 saturated carbocycles. The Labute approximate surface area is 126 Å². The number of hydrogen-bond acceptors (Lipinski definition) is 2. The molecular formula is C14H17BrN2O3. The number of rotatable bonds is 3. The van der Waals surface area contributed by atoms with Gasteiger partial charge < -0.3 is 14.9 Å². The minimum absolute atomic E-state index is 0.224. The Morgan fingerprint density at radius 1 is 1.40 bits per heavy atom. The summed E-state index contributed by atoms with van der Waals surface area (Å²) in [7, 11) is 1.70. The van der Waals surface area contributed by atoms with Gasteiger partial charge in [-0.3, -0.25) is 0 Å². The molecule has 1 aromatic rings. The highest BCUT2D eigenvalue weighted by Gasteiger charge is 2.35. The van der Waals surface area contributed by atoms with E-state index in [1.165, 1.54) is 4.90 Å². The van der Waals surface area contributed by atoms with Gasteiger partial charge in [0.1, 0.15) is 6.04 Å². The first kappa shape index (κ1) is 14.8. The van der Waals surface area contributed by atoms with Crippen molar-refractivity contribution >= 4 is 27.9 Å². The average Bonchev–Trinajstić information content (AvgIpc) is 2.90. The van der Waals surface area contributed by atoms with Gasteiger partial charge in [0.05, 0.1) is 0 Å². The Kier molecular flexibility index (Phi) is 4.65. The number of carbonyl (C=O) groups excluding carboxylic acids is 1. The van der Waals surface area contributed by atoms with Crippen molar-refractivity contribution in [3.05, 3.63) is 34.3 Å². The van der Waals surface area contributed by atoms with Crippen LogP contribution in [0.1, 0.15) is 18.4 Å². The van der Waals surface area contributed by atoms with Crippen molar-refractivity contribution in [2.24, 2.45) is 0 Å². The highest BCUT2D eigenvalue weighted by atomic mass is 79.9. The van der Waals surface area contributed by atoms with E-state index in [9.17, 15) is 9.59 Å². The molecule has 1 aliphatic heterocycles. The Balaban J connectivity index is 2.01. The summed E-state index contributed by atoms with van der Waals surface area (Å²) < 4.78 is 0.987. The van der Waals surface area contributed by atoms with E-state index in [1.54, 1.807) is 11.9 Å². The molecule has 2 rings (SSSR count). The minimum Gasteiger partial charge on any atom is -0.480 e. The molecule has 1 fully saturated rings. The highest BCUT2D eigenvalue weighted by molar-refractivity contribution is 9.10. The van der Waals surface area contributed by atoms with Crippen LogP contribution in [0.4, 0.5) is 4.79 Å². The molecule has 1 saturated heterocycles. The SMILES string of the molecule is CN(Cc1ccc(Br)cc1)C(=O)N1CCCC1C(=O)O. The Hall–Kier alpha value is -1.56. The van der Waals surface area contributed by atoms with E-state index < -0.39 is 12.0 Å². The maximum Gasteiger partial charge on any atom is 0.326 e. The van der Waals surface area contributed by atoms with E-state index in [2.05, 4.69) is 15.9 Å². The van der Waals surface area contributed by atoms with Crippen LogP contribution >= 0.6 is 15.9 Å². The van der Waals surface area contributed by atoms with Gasteiger partial charge in [0.25, 0.3) is 0 Å². The van der Waals surface area contributed by atoms with Gasteiger partial charge in [-0.1, -0.05) is 28.1 Å². The van der Waals surface area contributed by atoms with Crippen molar-refractivity contribution in [3.63, 3.8) is 0 Å². The number of carboxylic acid groups (broad SMARTS) is 1. The van der Waals surface area contributed by atoms with Gasteiger partial charge in [0.2, 0.25) is 0 Å². The van der Waals surface area contributed by atoms with Crippen LogP contribution in [0, 0.1) is 0 Å². The topological polar surface area (TPSA) is 60.9 Å². The van der Waals surface area contributed by atoms with Crippen LogP contribution < -0.4 is 0 Å². The summed E-state index contributed by atoms with van der Waals surface area (Å²) in [4.78, 5) is 26.4. The molecule has 1 aliphatic rings. The third-order valence-electron chi connectivity index (χ3n) is 3.44. The fraction of sp³-hybridized carbons (Fsp3) is 0.429. The predicted octanol–water partition coefficient (Wildman–Crippen LogP) is 2.55. The van der Waals surface area contributed by atoms with Crippen LogP contribution in [-0.4, -0.2) is 46.5 Å². The molecular weight excluding hydrogens is 324 g/mol. The first-order valence-corrected chi connectivity index (χ1v) is 7.27. The van der Waals surface area contributed by atoms with Gasteiger partial charge in [0.15, 0.2) is 0 Å². The zero-order valence-electron chi connectivity index (χ0n) is 11.3. The fourth-order valence-corrected chi connectivity index (χ4v) is 2.67. The fourth-order valence-electron chi connectivity index (χ4n) is 2.40. The number of nitrogens with zero attached hydrogens (tertiary/aromatic N) is 2. The molecule has 5 nitrogen and oxygen atoms in total. The van der Waals surface area contributed by atoms with Gasteiger partial charge in [-0.2, -0.15) is 0 Å². The molecule has 108 valence electrons. The normalized spacial score (nSPS) is 18.1. The molecule has 1 aromatic carbocycles. The zero-order chi connectivity index (χ0) is 14.7. The van der Waals surface area contributed by atoms with Gasteiger partial charge >= 0.3 is 12.0 Å². The molecule has 0 radical (unpaired) electrons. The van der Waals surface area contributed by atoms with E-state index in [-0.39, 0.29) is 6.03 Å². The smallest absolute Gasteiger partial charge is 0.326 e. The Morgan fingerprint density at radius 3 is 2.65 bits per heavy atom. The van der Waals surface area contributed by atoms with Crippen molar-refractivity contribution in [2.45, 2.75) is 25.4 Å². The van der Waals surface area contributed by atoms with Crippen molar-refractivity contribution in [3.8, 4) is 0 Å². The summed E-state index contributed by atoms with van der Waals surface area (Å²) in [6, 6.07) is 6.80. The van der Waals surface area contributed by atoms with Crippen molar-refractivity contribution in [2.75, 3.05) is 13.6 Å². The molecule has 1 heterocycles. The van der Waals surface area contributed by atoms with Crippen LogP contribution in [0.15, 0.2) is 28.7 Å². The molecule has 1 unspecified atom stereocenters. The molecule has 0 bridgehead atoms. The second-order valence-corrected chi connectivity index (χ2v) is 5.87. The highest BCUT2D eigenvalue weighted by Crippen LogP contribution is 2.20. The van der Waals surface area contributed by atoms with Crippen LogP contribution in [0.25, 0.3) is 0 Å². The van der Waals surface area contributed by atoms with Crippen LogP contribution in [-0.2, 0) is 11.3 Å². The average molecular weight is 341 g/mol. The number of likely N-dealkylation sites (tertiary alicyclic amines) is 1. The molecule has 6 heteroatoms. The van der Waals surface area contributed by atoms with E-state index >= 15 is 0 Å². The van der Waals surface area contributed by atoms with E-state index in [0.717, 1.165) is 16.5 Å². The van der Waals surface area contributed by atoms with Crippen LogP contribution in [0.2, 0.25) is 0 Å². The van der Waals surface area contributed by atoms with E-state index in [1.807, 2.05) is 24.3 Å². The second-order valence-electron chi connectivity index (χ2n) is 4.95. The molecule has 0 aromatic heterocycles. The maximum atomic E-state index is 12.3. The number of aliphatic carboxylic acids is 1. The summed E-state index contributed by atoms with van der Waals surface area (Å²) in [6.07, 6.45) is 1.28. The van der Waals surface area contributed by atoms with Gasteiger partial charge in [-0.15, -0.1) is 0 Å². The van der Waals surface area contributed by atoms with Crippen molar-refractivity contribution in [1.29, 1.82) is 0 Å². The molecule has 20 heavy (non-hydrogen) atoms. The molecule has 2 amide bonds. The molecule has 1 N–H and O–H groups in total. The largest absolute Gasteiger partial charge is 0.480 e. The number of amides is 2. The molecule has 0 aliphatic carbocycles. The molecule has 0 spiro atoms. The number of halogens is 1. The molecule has 1 atom stereocenters. The standard InChI is InChI=1S/C14H17BrN2O3/c1-16(9-10-4-6-11(15)7-5-10)14(20)17-8-2-3-12(17)13(18)19/h4-7,12H,2-3,8-9H2,1H3,(H,18,19). The van der Waals surface area contributed by atoms with E-state index in [0.29, 0.717) is 19.5 Å². The monoisotopic (exact) mass is 340 g/mol. The third-order valence-corrected chi connectivity index (χ3v) is 3.97.